The lowest BCUT2D eigenvalue weighted by atomic mass is 10.0. The lowest BCUT2D eigenvalue weighted by Crippen LogP contribution is -2.35. The molecule has 0 aliphatic carbocycles. The van der Waals surface area contributed by atoms with E-state index in [1.807, 2.05) is 13.8 Å². The van der Waals surface area contributed by atoms with Crippen LogP contribution in [0, 0.1) is 5.92 Å². The maximum Gasteiger partial charge on any atom is 0.304 e. The molecule has 0 aromatic heterocycles. The quantitative estimate of drug-likeness (QED) is 0.619. The van der Waals surface area contributed by atoms with Crippen molar-refractivity contribution >= 4 is 11.9 Å². The second-order valence-corrected chi connectivity index (χ2v) is 3.71. The van der Waals surface area contributed by atoms with Crippen molar-refractivity contribution in [3.8, 4) is 0 Å². The van der Waals surface area contributed by atoms with E-state index in [4.69, 9.17) is 4.74 Å². The zero-order chi connectivity index (χ0) is 10.9. The summed E-state index contributed by atoms with van der Waals surface area (Å²) in [6.07, 6.45) is 1.03. The summed E-state index contributed by atoms with van der Waals surface area (Å²) in [5, 5.41) is 0. The predicted octanol–water partition coefficient (Wildman–Crippen LogP) is 0.930. The Bertz CT molecular complexity index is 294. The van der Waals surface area contributed by atoms with E-state index in [0.717, 1.165) is 5.57 Å². The molecule has 0 N–H and O–H groups in total. The van der Waals surface area contributed by atoms with Crippen molar-refractivity contribution in [2.75, 3.05) is 7.05 Å². The molecule has 0 aromatic carbocycles. The predicted molar refractivity (Wildman–Crippen MR) is 51.2 cm³/mol. The van der Waals surface area contributed by atoms with Gasteiger partial charge < -0.3 is 9.64 Å². The molecule has 0 aromatic rings. The van der Waals surface area contributed by atoms with E-state index in [9.17, 15) is 9.59 Å². The number of hydrogen-bond acceptors (Lipinski definition) is 3. The number of hydrogen-bond donors (Lipinski definition) is 0. The standard InChI is InChI=1S/C10H15NO3/c1-6(2)8-5-9(13)11(4)10(8)14-7(3)12/h5-6,10H,1-4H3. The van der Waals surface area contributed by atoms with Gasteiger partial charge in [-0.2, -0.15) is 0 Å². The monoisotopic (exact) mass is 197 g/mol. The Labute approximate surface area is 83.5 Å². The van der Waals surface area contributed by atoms with Gasteiger partial charge in [0.15, 0.2) is 0 Å². The molecule has 0 saturated heterocycles. The third-order valence-corrected chi connectivity index (χ3v) is 2.22. The molecule has 14 heavy (non-hydrogen) atoms. The minimum atomic E-state index is -0.514. The van der Waals surface area contributed by atoms with Crippen molar-refractivity contribution in [2.45, 2.75) is 27.0 Å². The Balaban J connectivity index is 2.86. The van der Waals surface area contributed by atoms with Crippen LogP contribution >= 0.6 is 0 Å². The van der Waals surface area contributed by atoms with Gasteiger partial charge in [-0.25, -0.2) is 0 Å². The highest BCUT2D eigenvalue weighted by molar-refractivity contribution is 5.91. The smallest absolute Gasteiger partial charge is 0.304 e. The van der Waals surface area contributed by atoms with Gasteiger partial charge in [0, 0.05) is 20.0 Å². The van der Waals surface area contributed by atoms with Crippen molar-refractivity contribution < 1.29 is 14.3 Å². The Kier molecular flexibility index (Phi) is 2.93. The van der Waals surface area contributed by atoms with Crippen LogP contribution in [0.25, 0.3) is 0 Å². The van der Waals surface area contributed by atoms with Crippen LogP contribution in [0.3, 0.4) is 0 Å². The highest BCUT2D eigenvalue weighted by atomic mass is 16.6. The molecule has 1 aliphatic rings. The number of nitrogens with zero attached hydrogens (tertiary/aromatic N) is 1. The third-order valence-electron chi connectivity index (χ3n) is 2.22. The minimum absolute atomic E-state index is 0.111. The Hall–Kier alpha value is -1.32. The van der Waals surface area contributed by atoms with E-state index < -0.39 is 6.23 Å². The van der Waals surface area contributed by atoms with E-state index in [0.29, 0.717) is 0 Å². The van der Waals surface area contributed by atoms with Gasteiger partial charge in [-0.3, -0.25) is 9.59 Å². The number of carbonyl (C=O) groups is 2. The molecule has 1 heterocycles. The molecule has 78 valence electrons. The average Bonchev–Trinajstić information content (AvgIpc) is 2.32. The molecular formula is C10H15NO3. The number of likely N-dealkylation sites (N-methyl/N-ethyl adjacent to an activating group) is 1. The molecule has 1 rings (SSSR count). The van der Waals surface area contributed by atoms with Gasteiger partial charge in [0.25, 0.3) is 0 Å². The summed E-state index contributed by atoms with van der Waals surface area (Å²) >= 11 is 0. The van der Waals surface area contributed by atoms with Crippen LogP contribution in [-0.2, 0) is 14.3 Å². The van der Waals surface area contributed by atoms with Crippen LogP contribution in [0.1, 0.15) is 20.8 Å². The highest BCUT2D eigenvalue weighted by Gasteiger charge is 2.33. The summed E-state index contributed by atoms with van der Waals surface area (Å²) in [7, 11) is 1.63. The molecule has 0 saturated carbocycles. The summed E-state index contributed by atoms with van der Waals surface area (Å²) < 4.78 is 5.07. The maximum atomic E-state index is 11.3. The number of carbonyl (C=O) groups excluding carboxylic acids is 2. The first-order chi connectivity index (χ1) is 6.43. The SMILES string of the molecule is CC(=O)OC1C(C(C)C)=CC(=O)N1C. The van der Waals surface area contributed by atoms with E-state index in [1.165, 1.54) is 17.9 Å². The normalized spacial score (nSPS) is 21.5. The summed E-state index contributed by atoms with van der Waals surface area (Å²) in [6.45, 7) is 5.28. The Morgan fingerprint density at radius 2 is 2.14 bits per heavy atom. The van der Waals surface area contributed by atoms with Gasteiger partial charge in [0.1, 0.15) is 0 Å². The number of amides is 1. The van der Waals surface area contributed by atoms with Crippen LogP contribution in [0.4, 0.5) is 0 Å². The van der Waals surface area contributed by atoms with Crippen LogP contribution in [0.15, 0.2) is 11.6 Å². The fraction of sp³-hybridized carbons (Fsp3) is 0.600. The fourth-order valence-corrected chi connectivity index (χ4v) is 1.41. The van der Waals surface area contributed by atoms with Crippen LogP contribution < -0.4 is 0 Å². The van der Waals surface area contributed by atoms with Gasteiger partial charge in [-0.15, -0.1) is 0 Å². The second-order valence-electron chi connectivity index (χ2n) is 3.71. The van der Waals surface area contributed by atoms with Crippen molar-refractivity contribution in [1.29, 1.82) is 0 Å². The van der Waals surface area contributed by atoms with Gasteiger partial charge in [0.05, 0.1) is 0 Å². The van der Waals surface area contributed by atoms with E-state index in [-0.39, 0.29) is 17.8 Å². The van der Waals surface area contributed by atoms with E-state index in [1.54, 1.807) is 7.05 Å². The lowest BCUT2D eigenvalue weighted by Gasteiger charge is -2.24. The first-order valence-corrected chi connectivity index (χ1v) is 4.59. The Morgan fingerprint density at radius 3 is 2.57 bits per heavy atom. The fourth-order valence-electron chi connectivity index (χ4n) is 1.41. The molecule has 0 spiro atoms. The van der Waals surface area contributed by atoms with E-state index in [2.05, 4.69) is 0 Å². The molecule has 1 unspecified atom stereocenters. The zero-order valence-corrected chi connectivity index (χ0v) is 8.90. The minimum Gasteiger partial charge on any atom is -0.438 e. The van der Waals surface area contributed by atoms with Crippen molar-refractivity contribution in [3.63, 3.8) is 0 Å². The molecule has 0 bridgehead atoms. The topological polar surface area (TPSA) is 46.6 Å². The van der Waals surface area contributed by atoms with Gasteiger partial charge >= 0.3 is 5.97 Å². The van der Waals surface area contributed by atoms with Crippen molar-refractivity contribution in [1.82, 2.24) is 4.90 Å². The molecule has 0 fully saturated rings. The lowest BCUT2D eigenvalue weighted by molar-refractivity contribution is -0.154. The maximum absolute atomic E-state index is 11.3. The molecule has 0 radical (unpaired) electrons. The van der Waals surface area contributed by atoms with Gasteiger partial charge in [0.2, 0.25) is 12.1 Å². The van der Waals surface area contributed by atoms with Crippen molar-refractivity contribution in [3.05, 3.63) is 11.6 Å². The molecular weight excluding hydrogens is 182 g/mol. The highest BCUT2D eigenvalue weighted by Crippen LogP contribution is 2.25. The summed E-state index contributed by atoms with van der Waals surface area (Å²) in [5.41, 5.74) is 0.854. The first-order valence-electron chi connectivity index (χ1n) is 4.59. The molecule has 1 aliphatic heterocycles. The number of esters is 1. The summed E-state index contributed by atoms with van der Waals surface area (Å²) in [4.78, 5) is 23.6. The van der Waals surface area contributed by atoms with Gasteiger partial charge in [-0.05, 0) is 11.5 Å². The van der Waals surface area contributed by atoms with Crippen LogP contribution in [-0.4, -0.2) is 30.1 Å². The third kappa shape index (κ3) is 1.95. The van der Waals surface area contributed by atoms with Gasteiger partial charge in [-0.1, -0.05) is 13.8 Å². The first kappa shape index (κ1) is 10.8. The summed E-state index contributed by atoms with van der Waals surface area (Å²) in [5.74, 6) is -0.281. The molecule has 1 amide bonds. The molecule has 1 atom stereocenters. The molecule has 4 nitrogen and oxygen atoms in total. The number of ether oxygens (including phenoxy) is 1. The second kappa shape index (κ2) is 3.82. The summed E-state index contributed by atoms with van der Waals surface area (Å²) in [6, 6.07) is 0. The van der Waals surface area contributed by atoms with E-state index >= 15 is 0 Å². The van der Waals surface area contributed by atoms with Crippen LogP contribution in [0.5, 0.6) is 0 Å². The number of rotatable bonds is 2. The van der Waals surface area contributed by atoms with Crippen LogP contribution in [0.2, 0.25) is 0 Å². The molecule has 4 heteroatoms. The zero-order valence-electron chi connectivity index (χ0n) is 8.90. The average molecular weight is 197 g/mol. The largest absolute Gasteiger partial charge is 0.438 e. The van der Waals surface area contributed by atoms with Crippen molar-refractivity contribution in [2.24, 2.45) is 5.92 Å². The Morgan fingerprint density at radius 1 is 1.57 bits per heavy atom.